The average Bonchev–Trinajstić information content (AvgIpc) is 1.28. The van der Waals surface area contributed by atoms with Crippen molar-refractivity contribution in [2.24, 2.45) is 0 Å². The number of hydrogen-bond donors (Lipinski definition) is 0. The quantitative estimate of drug-likeness (QED) is 0.133. The second kappa shape index (κ2) is 20.3. The molecule has 0 heteroatoms. The lowest BCUT2D eigenvalue weighted by Gasteiger charge is -2.19. The van der Waals surface area contributed by atoms with E-state index in [1.165, 1.54) is 175 Å². The SMILES string of the molecule is c1ccc2c(-c3ccc(-c4c5ccccc5c(-c5ccc(-c6cccc7c(-c8cccc9cc(-c%10ccc(-c%11c%12ccccc%12c(-c%12cccc%13ccccc%12%13)c%12ccccc%11%12)cc%10)ccc89)cccc67)cc5)c5ccccc45)cc3)cccc2c1. The van der Waals surface area contributed by atoms with Crippen molar-refractivity contribution in [3.63, 3.8) is 0 Å². The fourth-order valence-electron chi connectivity index (χ4n) is 14.4. The van der Waals surface area contributed by atoms with Crippen LogP contribution in [0.2, 0.25) is 0 Å². The minimum Gasteiger partial charge on any atom is -0.0616 e. The van der Waals surface area contributed by atoms with Gasteiger partial charge in [0.1, 0.15) is 0 Å². The first-order valence-corrected chi connectivity index (χ1v) is 29.9. The van der Waals surface area contributed by atoms with Gasteiger partial charge in [-0.25, -0.2) is 0 Å². The van der Waals surface area contributed by atoms with Gasteiger partial charge in [0.05, 0.1) is 0 Å². The molecule has 0 amide bonds. The van der Waals surface area contributed by atoms with Crippen LogP contribution in [0.3, 0.4) is 0 Å². The maximum Gasteiger partial charge on any atom is -0.00201 e. The first-order valence-electron chi connectivity index (χ1n) is 29.9. The molecule has 0 unspecified atom stereocenters. The molecular formula is C86H54. The summed E-state index contributed by atoms with van der Waals surface area (Å²) in [5, 5.41) is 20.0. The zero-order valence-corrected chi connectivity index (χ0v) is 47.2. The number of hydrogen-bond acceptors (Lipinski definition) is 0. The Kier molecular flexibility index (Phi) is 11.7. The molecule has 0 heterocycles. The van der Waals surface area contributed by atoms with Crippen molar-refractivity contribution in [1.82, 2.24) is 0 Å². The monoisotopic (exact) mass is 1090 g/mol. The van der Waals surface area contributed by atoms with Gasteiger partial charge in [-0.2, -0.15) is 0 Å². The van der Waals surface area contributed by atoms with Crippen LogP contribution in [0.4, 0.5) is 0 Å². The minimum atomic E-state index is 1.19. The second-order valence-corrected chi connectivity index (χ2v) is 22.9. The number of benzene rings is 17. The second-order valence-electron chi connectivity index (χ2n) is 22.9. The highest BCUT2D eigenvalue weighted by Crippen LogP contribution is 2.48. The van der Waals surface area contributed by atoms with Crippen LogP contribution in [0.25, 0.3) is 175 Å². The third-order valence-corrected chi connectivity index (χ3v) is 18.3. The Hall–Kier alpha value is -11.2. The highest BCUT2D eigenvalue weighted by molar-refractivity contribution is 6.24. The number of fused-ring (bicyclic) bond motifs is 8. The number of rotatable bonds is 8. The van der Waals surface area contributed by atoms with E-state index in [4.69, 9.17) is 0 Å². The summed E-state index contributed by atoms with van der Waals surface area (Å²) in [6.07, 6.45) is 0. The third kappa shape index (κ3) is 8.06. The van der Waals surface area contributed by atoms with Crippen LogP contribution in [-0.4, -0.2) is 0 Å². The minimum absolute atomic E-state index is 1.19. The fourth-order valence-corrected chi connectivity index (χ4v) is 14.4. The van der Waals surface area contributed by atoms with Gasteiger partial charge < -0.3 is 0 Å². The molecule has 0 saturated heterocycles. The lowest BCUT2D eigenvalue weighted by atomic mass is 9.84. The van der Waals surface area contributed by atoms with E-state index in [-0.39, 0.29) is 0 Å². The third-order valence-electron chi connectivity index (χ3n) is 18.3. The van der Waals surface area contributed by atoms with Crippen LogP contribution in [-0.2, 0) is 0 Å². The van der Waals surface area contributed by atoms with Gasteiger partial charge in [-0.1, -0.05) is 322 Å². The van der Waals surface area contributed by atoms with E-state index in [9.17, 15) is 0 Å². The van der Waals surface area contributed by atoms with E-state index >= 15 is 0 Å². The molecule has 86 heavy (non-hydrogen) atoms. The van der Waals surface area contributed by atoms with E-state index in [0.717, 1.165) is 0 Å². The van der Waals surface area contributed by atoms with Crippen LogP contribution >= 0.6 is 0 Å². The maximum atomic E-state index is 2.36. The Morgan fingerprint density at radius 3 is 0.826 bits per heavy atom. The lowest BCUT2D eigenvalue weighted by molar-refractivity contribution is 1.62. The maximum absolute atomic E-state index is 2.36. The smallest absolute Gasteiger partial charge is 0.00201 e. The summed E-state index contributed by atoms with van der Waals surface area (Å²) < 4.78 is 0. The van der Waals surface area contributed by atoms with Gasteiger partial charge in [0, 0.05) is 0 Å². The Labute approximate surface area is 499 Å². The first-order chi connectivity index (χ1) is 42.7. The van der Waals surface area contributed by atoms with Crippen LogP contribution in [0.5, 0.6) is 0 Å². The van der Waals surface area contributed by atoms with Gasteiger partial charge in [0.2, 0.25) is 0 Å². The lowest BCUT2D eigenvalue weighted by Crippen LogP contribution is -1.91. The Morgan fingerprint density at radius 1 is 0.116 bits per heavy atom. The van der Waals surface area contributed by atoms with Crippen LogP contribution in [0.1, 0.15) is 0 Å². The molecular weight excluding hydrogens is 1030 g/mol. The van der Waals surface area contributed by atoms with E-state index in [1.54, 1.807) is 0 Å². The molecule has 17 rings (SSSR count). The summed E-state index contributed by atoms with van der Waals surface area (Å²) in [6.45, 7) is 0. The van der Waals surface area contributed by atoms with Crippen molar-refractivity contribution in [1.29, 1.82) is 0 Å². The Bertz CT molecular complexity index is 5430. The summed E-state index contributed by atoms with van der Waals surface area (Å²) in [5.74, 6) is 0. The molecule has 0 aliphatic heterocycles. The predicted octanol–water partition coefficient (Wildman–Crippen LogP) is 24.2. The molecule has 0 atom stereocenters. The topological polar surface area (TPSA) is 0 Å². The molecule has 0 aromatic heterocycles. The van der Waals surface area contributed by atoms with E-state index in [2.05, 4.69) is 328 Å². The van der Waals surface area contributed by atoms with Crippen molar-refractivity contribution in [3.05, 3.63) is 328 Å². The van der Waals surface area contributed by atoms with Gasteiger partial charge in [0.15, 0.2) is 0 Å². The molecule has 0 radical (unpaired) electrons. The van der Waals surface area contributed by atoms with E-state index < -0.39 is 0 Å². The molecule has 0 nitrogen and oxygen atoms in total. The van der Waals surface area contributed by atoms with Crippen molar-refractivity contribution in [2.75, 3.05) is 0 Å². The highest BCUT2D eigenvalue weighted by atomic mass is 14.2. The molecule has 0 spiro atoms. The van der Waals surface area contributed by atoms with Gasteiger partial charge in [-0.15, -0.1) is 0 Å². The zero-order chi connectivity index (χ0) is 56.7. The first kappa shape index (κ1) is 49.4. The summed E-state index contributed by atoms with van der Waals surface area (Å²) in [6, 6.07) is 122. The van der Waals surface area contributed by atoms with Crippen molar-refractivity contribution in [2.45, 2.75) is 0 Å². The van der Waals surface area contributed by atoms with Crippen LogP contribution < -0.4 is 0 Å². The molecule has 0 N–H and O–H groups in total. The van der Waals surface area contributed by atoms with Gasteiger partial charge in [0.25, 0.3) is 0 Å². The molecule has 0 aliphatic carbocycles. The fraction of sp³-hybridized carbons (Fsp3) is 0. The van der Waals surface area contributed by atoms with Gasteiger partial charge >= 0.3 is 0 Å². The highest BCUT2D eigenvalue weighted by Gasteiger charge is 2.21. The summed E-state index contributed by atoms with van der Waals surface area (Å²) in [5.41, 5.74) is 19.7. The summed E-state index contributed by atoms with van der Waals surface area (Å²) >= 11 is 0. The molecule has 398 valence electrons. The van der Waals surface area contributed by atoms with Crippen molar-refractivity contribution >= 4 is 86.2 Å². The zero-order valence-electron chi connectivity index (χ0n) is 47.2. The molecule has 0 aliphatic rings. The van der Waals surface area contributed by atoms with Crippen LogP contribution in [0, 0.1) is 0 Å². The van der Waals surface area contributed by atoms with Gasteiger partial charge in [-0.05, 0) is 181 Å². The Balaban J connectivity index is 0.694. The molecule has 0 saturated carbocycles. The van der Waals surface area contributed by atoms with Gasteiger partial charge in [-0.3, -0.25) is 0 Å². The van der Waals surface area contributed by atoms with Crippen LogP contribution in [0.15, 0.2) is 328 Å². The standard InChI is InChI=1S/C86H54/c1-3-23-65-56(18-1)20-13-33-66(65)58-42-48-61(49-43-58)83-75-25-5-7-27-77(75)84(78-28-8-6-26-76(78)83)62-50-44-59(45-51-62)67-34-16-37-72-70(67)36-17-38-73(72)71-35-15-22-64-54-63(52-53-69(64)71)55-40-46-60(47-41-55)85-79-29-9-11-31-81(79)86(82-32-12-10-30-80(82)85)74-39-14-21-57-19-2-4-24-68(57)74/h1-54H. The van der Waals surface area contributed by atoms with Crippen molar-refractivity contribution < 1.29 is 0 Å². The molecule has 17 aromatic carbocycles. The average molecular weight is 1090 g/mol. The van der Waals surface area contributed by atoms with Crippen molar-refractivity contribution in [3.8, 4) is 89.0 Å². The van der Waals surface area contributed by atoms with E-state index in [1.807, 2.05) is 0 Å². The predicted molar refractivity (Wildman–Crippen MR) is 370 cm³/mol. The normalized spacial score (nSPS) is 11.7. The molecule has 17 aromatic rings. The summed E-state index contributed by atoms with van der Waals surface area (Å²) in [7, 11) is 0. The Morgan fingerprint density at radius 2 is 0.372 bits per heavy atom. The molecule has 0 bridgehead atoms. The van der Waals surface area contributed by atoms with E-state index in [0.29, 0.717) is 0 Å². The molecule has 0 fully saturated rings. The summed E-state index contributed by atoms with van der Waals surface area (Å²) in [4.78, 5) is 0. The largest absolute Gasteiger partial charge is 0.0616 e.